The van der Waals surface area contributed by atoms with E-state index in [9.17, 15) is 0 Å². The van der Waals surface area contributed by atoms with Crippen LogP contribution < -0.4 is 0 Å². The lowest BCUT2D eigenvalue weighted by Crippen LogP contribution is -2.21. The summed E-state index contributed by atoms with van der Waals surface area (Å²) in [5, 5.41) is 0. The lowest BCUT2D eigenvalue weighted by molar-refractivity contribution is 0.476. The van der Waals surface area contributed by atoms with Gasteiger partial charge in [0.1, 0.15) is 0 Å². The highest BCUT2D eigenvalue weighted by Crippen LogP contribution is 2.05. The van der Waals surface area contributed by atoms with Gasteiger partial charge in [-0.15, -0.1) is 6.58 Å². The van der Waals surface area contributed by atoms with Crippen molar-refractivity contribution in [3.05, 3.63) is 25.0 Å². The van der Waals surface area contributed by atoms with Gasteiger partial charge in [0.25, 0.3) is 0 Å². The minimum absolute atomic E-state index is 1.12. The van der Waals surface area contributed by atoms with E-state index in [0.29, 0.717) is 0 Å². The van der Waals surface area contributed by atoms with Gasteiger partial charge >= 0.3 is 0 Å². The molecule has 0 aromatic heterocycles. The van der Waals surface area contributed by atoms with E-state index in [4.69, 9.17) is 4.43 Å². The molecule has 0 heterocycles. The maximum atomic E-state index is 5.57. The van der Waals surface area contributed by atoms with Crippen LogP contribution in [-0.2, 0) is 4.43 Å². The van der Waals surface area contributed by atoms with E-state index in [1.54, 1.807) is 0 Å². The zero-order chi connectivity index (χ0) is 10.2. The van der Waals surface area contributed by atoms with Crippen molar-refractivity contribution < 1.29 is 4.43 Å². The number of hydrogen-bond acceptors (Lipinski definition) is 1. The van der Waals surface area contributed by atoms with E-state index in [0.717, 1.165) is 12.8 Å². The van der Waals surface area contributed by atoms with Crippen molar-refractivity contribution in [3.63, 3.8) is 0 Å². The summed E-state index contributed by atoms with van der Waals surface area (Å²) < 4.78 is 5.57. The van der Waals surface area contributed by atoms with Gasteiger partial charge in [-0.25, -0.2) is 0 Å². The van der Waals surface area contributed by atoms with E-state index >= 15 is 0 Å². The average Bonchev–Trinajstić information content (AvgIpc) is 2.01. The highest BCUT2D eigenvalue weighted by molar-refractivity contribution is 6.69. The third-order valence-electron chi connectivity index (χ3n) is 1.55. The van der Waals surface area contributed by atoms with Crippen LogP contribution in [0.1, 0.15) is 25.7 Å². The van der Waals surface area contributed by atoms with E-state index in [1.807, 2.05) is 12.3 Å². The van der Waals surface area contributed by atoms with E-state index in [-0.39, 0.29) is 0 Å². The summed E-state index contributed by atoms with van der Waals surface area (Å²) in [5.41, 5.74) is 0. The second-order valence-corrected chi connectivity index (χ2v) is 8.64. The van der Waals surface area contributed by atoms with Crippen LogP contribution in [0.3, 0.4) is 0 Å². The summed E-state index contributed by atoms with van der Waals surface area (Å²) in [6, 6.07) is 0. The third kappa shape index (κ3) is 11.5. The number of hydrogen-bond donors (Lipinski definition) is 0. The molecule has 0 aromatic carbocycles. The molecule has 0 saturated heterocycles. The van der Waals surface area contributed by atoms with Gasteiger partial charge in [-0.1, -0.05) is 12.2 Å². The number of unbranched alkanes of at least 4 members (excludes halogenated alkanes) is 3. The monoisotopic (exact) mass is 198 g/mol. The molecular weight excluding hydrogens is 176 g/mol. The summed E-state index contributed by atoms with van der Waals surface area (Å²) >= 11 is 0. The van der Waals surface area contributed by atoms with Crippen LogP contribution in [0.5, 0.6) is 0 Å². The van der Waals surface area contributed by atoms with Gasteiger partial charge in [-0.3, -0.25) is 0 Å². The topological polar surface area (TPSA) is 9.23 Å². The first-order valence-corrected chi connectivity index (χ1v) is 8.41. The van der Waals surface area contributed by atoms with Crippen molar-refractivity contribution in [1.29, 1.82) is 0 Å². The standard InChI is InChI=1S/C11H22OSi/c1-5-6-7-8-9-10-11-12-13(2,3)4/h5,10-11H,1,6-9H2,2-4H3. The molecule has 0 bridgehead atoms. The summed E-state index contributed by atoms with van der Waals surface area (Å²) in [6.45, 7) is 10.3. The third-order valence-corrected chi connectivity index (χ3v) is 2.39. The maximum Gasteiger partial charge on any atom is 0.241 e. The fourth-order valence-electron chi connectivity index (χ4n) is 0.871. The Bertz CT molecular complexity index is 156. The molecule has 0 atom stereocenters. The van der Waals surface area contributed by atoms with Crippen molar-refractivity contribution in [2.24, 2.45) is 0 Å². The van der Waals surface area contributed by atoms with Gasteiger partial charge < -0.3 is 4.43 Å². The van der Waals surface area contributed by atoms with E-state index < -0.39 is 8.32 Å². The van der Waals surface area contributed by atoms with Gasteiger partial charge in [0.2, 0.25) is 8.32 Å². The van der Waals surface area contributed by atoms with Crippen LogP contribution in [0.4, 0.5) is 0 Å². The first kappa shape index (κ1) is 12.5. The Morgan fingerprint density at radius 1 is 1.15 bits per heavy atom. The van der Waals surface area contributed by atoms with Gasteiger partial charge in [0.05, 0.1) is 6.26 Å². The molecule has 13 heavy (non-hydrogen) atoms. The maximum absolute atomic E-state index is 5.57. The molecule has 76 valence electrons. The normalized spacial score (nSPS) is 11.9. The zero-order valence-corrected chi connectivity index (χ0v) is 10.2. The zero-order valence-electron chi connectivity index (χ0n) is 9.18. The minimum Gasteiger partial charge on any atom is -0.550 e. The Balaban J connectivity index is 3.27. The van der Waals surface area contributed by atoms with Crippen LogP contribution in [0, 0.1) is 0 Å². The van der Waals surface area contributed by atoms with Gasteiger partial charge in [0.15, 0.2) is 0 Å². The predicted octanol–water partition coefficient (Wildman–Crippen LogP) is 4.10. The molecule has 1 nitrogen and oxygen atoms in total. The lowest BCUT2D eigenvalue weighted by Gasteiger charge is -2.14. The van der Waals surface area contributed by atoms with Crippen LogP contribution in [0.25, 0.3) is 0 Å². The molecule has 0 fully saturated rings. The van der Waals surface area contributed by atoms with Crippen LogP contribution in [0.15, 0.2) is 25.0 Å². The highest BCUT2D eigenvalue weighted by Gasteiger charge is 2.12. The summed E-state index contributed by atoms with van der Waals surface area (Å²) in [4.78, 5) is 0. The average molecular weight is 198 g/mol. The Hall–Kier alpha value is -0.503. The molecule has 2 heteroatoms. The first-order chi connectivity index (χ1) is 6.06. The second-order valence-electron chi connectivity index (χ2n) is 4.18. The van der Waals surface area contributed by atoms with Crippen LogP contribution in [-0.4, -0.2) is 8.32 Å². The fraction of sp³-hybridized carbons (Fsp3) is 0.636. The summed E-state index contributed by atoms with van der Waals surface area (Å²) in [6.07, 6.45) is 10.7. The molecule has 0 aromatic rings. The highest BCUT2D eigenvalue weighted by atomic mass is 28.4. The molecule has 0 N–H and O–H groups in total. The second kappa shape index (κ2) is 6.95. The van der Waals surface area contributed by atoms with E-state index in [2.05, 4.69) is 32.3 Å². The number of allylic oxidation sites excluding steroid dienone is 2. The molecule has 0 rings (SSSR count). The molecule has 0 aliphatic rings. The van der Waals surface area contributed by atoms with Crippen molar-refractivity contribution in [2.75, 3.05) is 0 Å². The summed E-state index contributed by atoms with van der Waals surface area (Å²) in [7, 11) is -1.34. The molecule has 0 radical (unpaired) electrons. The molecule has 0 saturated carbocycles. The largest absolute Gasteiger partial charge is 0.550 e. The van der Waals surface area contributed by atoms with Gasteiger partial charge in [0, 0.05) is 0 Å². The van der Waals surface area contributed by atoms with Gasteiger partial charge in [-0.05, 0) is 45.3 Å². The van der Waals surface area contributed by atoms with Crippen molar-refractivity contribution in [1.82, 2.24) is 0 Å². The Kier molecular flexibility index (Phi) is 6.68. The minimum atomic E-state index is -1.34. The van der Waals surface area contributed by atoms with Crippen LogP contribution in [0.2, 0.25) is 19.6 Å². The van der Waals surface area contributed by atoms with Gasteiger partial charge in [-0.2, -0.15) is 0 Å². The SMILES string of the molecule is C=CCCCCC=CO[Si](C)(C)C. The Morgan fingerprint density at radius 2 is 1.77 bits per heavy atom. The first-order valence-electron chi connectivity index (χ1n) is 5.00. The van der Waals surface area contributed by atoms with Crippen molar-refractivity contribution in [3.8, 4) is 0 Å². The molecule has 0 unspecified atom stereocenters. The molecule has 0 spiro atoms. The molecule has 0 amide bonds. The Labute approximate surface area is 83.6 Å². The van der Waals surface area contributed by atoms with Crippen LogP contribution >= 0.6 is 0 Å². The number of rotatable bonds is 7. The lowest BCUT2D eigenvalue weighted by atomic mass is 10.2. The van der Waals surface area contributed by atoms with E-state index in [1.165, 1.54) is 12.8 Å². The molecule has 0 aliphatic heterocycles. The molecular formula is C11H22OSi. The Morgan fingerprint density at radius 3 is 2.31 bits per heavy atom. The van der Waals surface area contributed by atoms with Crippen molar-refractivity contribution >= 4 is 8.32 Å². The quantitative estimate of drug-likeness (QED) is 0.259. The predicted molar refractivity (Wildman–Crippen MR) is 62.2 cm³/mol. The smallest absolute Gasteiger partial charge is 0.241 e. The summed E-state index contributed by atoms with van der Waals surface area (Å²) in [5.74, 6) is 0. The molecule has 0 aliphatic carbocycles. The van der Waals surface area contributed by atoms with Crippen molar-refractivity contribution in [2.45, 2.75) is 45.3 Å². The fourth-order valence-corrected chi connectivity index (χ4v) is 1.38.